The highest BCUT2D eigenvalue weighted by atomic mass is 19.4. The Morgan fingerprint density at radius 3 is 2.44 bits per heavy atom. The van der Waals surface area contributed by atoms with Gasteiger partial charge in [-0.2, -0.15) is 18.3 Å². The predicted octanol–water partition coefficient (Wildman–Crippen LogP) is 5.02. The van der Waals surface area contributed by atoms with E-state index in [1.54, 1.807) is 18.2 Å². The van der Waals surface area contributed by atoms with Crippen molar-refractivity contribution in [2.45, 2.75) is 12.7 Å². The van der Waals surface area contributed by atoms with Gasteiger partial charge < -0.3 is 11.1 Å². The molecule has 34 heavy (non-hydrogen) atoms. The van der Waals surface area contributed by atoms with Crippen molar-refractivity contribution in [1.82, 2.24) is 14.8 Å². The Bertz CT molecular complexity index is 1350. The van der Waals surface area contributed by atoms with Gasteiger partial charge in [0.2, 0.25) is 0 Å². The van der Waals surface area contributed by atoms with Gasteiger partial charge in [-0.25, -0.2) is 4.39 Å². The molecule has 174 valence electrons. The van der Waals surface area contributed by atoms with Crippen LogP contribution >= 0.6 is 0 Å². The SMILES string of the molecule is Cn1ccc(-c2cc(C(=O)Nc3cnc(CN)cc3-c3ccccc3)c(F)cc2C(F)(F)F)n1. The summed E-state index contributed by atoms with van der Waals surface area (Å²) in [6.45, 7) is 0.162. The van der Waals surface area contributed by atoms with E-state index in [1.807, 2.05) is 18.2 Å². The molecule has 0 atom stereocenters. The Morgan fingerprint density at radius 1 is 1.09 bits per heavy atom. The summed E-state index contributed by atoms with van der Waals surface area (Å²) < 4.78 is 56.8. The van der Waals surface area contributed by atoms with E-state index < -0.39 is 34.6 Å². The zero-order valence-corrected chi connectivity index (χ0v) is 17.9. The Morgan fingerprint density at radius 2 is 1.82 bits per heavy atom. The van der Waals surface area contributed by atoms with Crippen molar-refractivity contribution < 1.29 is 22.4 Å². The molecule has 0 saturated heterocycles. The van der Waals surface area contributed by atoms with E-state index in [0.29, 0.717) is 17.3 Å². The summed E-state index contributed by atoms with van der Waals surface area (Å²) in [6.07, 6.45) is -2.01. The van der Waals surface area contributed by atoms with Crippen molar-refractivity contribution in [1.29, 1.82) is 0 Å². The summed E-state index contributed by atoms with van der Waals surface area (Å²) in [6, 6.07) is 13.3. The van der Waals surface area contributed by atoms with E-state index in [1.165, 1.54) is 30.2 Å². The summed E-state index contributed by atoms with van der Waals surface area (Å²) in [5.41, 5.74) is 5.61. The third-order valence-corrected chi connectivity index (χ3v) is 5.15. The molecular weight excluding hydrogens is 450 g/mol. The number of amides is 1. The lowest BCUT2D eigenvalue weighted by molar-refractivity contribution is -0.137. The number of hydrogen-bond acceptors (Lipinski definition) is 4. The first-order valence-corrected chi connectivity index (χ1v) is 10.1. The molecule has 2 aromatic heterocycles. The molecule has 1 amide bonds. The number of hydrogen-bond donors (Lipinski definition) is 2. The van der Waals surface area contributed by atoms with Crippen LogP contribution in [-0.4, -0.2) is 20.7 Å². The molecule has 2 heterocycles. The van der Waals surface area contributed by atoms with E-state index >= 15 is 0 Å². The van der Waals surface area contributed by atoms with Gasteiger partial charge in [-0.05, 0) is 29.8 Å². The normalized spacial score (nSPS) is 11.5. The monoisotopic (exact) mass is 469 g/mol. The number of carbonyl (C=O) groups excluding carboxylic acids is 1. The highest BCUT2D eigenvalue weighted by Gasteiger charge is 2.36. The van der Waals surface area contributed by atoms with Crippen molar-refractivity contribution >= 4 is 11.6 Å². The number of pyridine rings is 1. The number of aromatic nitrogens is 3. The number of carbonyl (C=O) groups is 1. The third-order valence-electron chi connectivity index (χ3n) is 5.15. The van der Waals surface area contributed by atoms with Gasteiger partial charge in [0.1, 0.15) is 5.82 Å². The average Bonchev–Trinajstić information content (AvgIpc) is 3.25. The van der Waals surface area contributed by atoms with Gasteiger partial charge >= 0.3 is 6.18 Å². The molecule has 0 aliphatic rings. The molecule has 0 unspecified atom stereocenters. The molecular formula is C24H19F4N5O. The van der Waals surface area contributed by atoms with Crippen LogP contribution < -0.4 is 11.1 Å². The fraction of sp³-hybridized carbons (Fsp3) is 0.125. The lowest BCUT2D eigenvalue weighted by atomic mass is 9.99. The number of rotatable bonds is 5. The van der Waals surface area contributed by atoms with E-state index in [4.69, 9.17) is 5.73 Å². The number of aryl methyl sites for hydroxylation is 1. The molecule has 0 aliphatic heterocycles. The summed E-state index contributed by atoms with van der Waals surface area (Å²) in [7, 11) is 1.54. The maximum absolute atomic E-state index is 14.8. The Hall–Kier alpha value is -4.05. The minimum atomic E-state index is -4.84. The lowest BCUT2D eigenvalue weighted by Gasteiger charge is -2.16. The van der Waals surface area contributed by atoms with Crippen LogP contribution in [0.1, 0.15) is 21.6 Å². The van der Waals surface area contributed by atoms with Crippen LogP contribution in [0.3, 0.4) is 0 Å². The maximum atomic E-state index is 14.8. The summed E-state index contributed by atoms with van der Waals surface area (Å²) in [4.78, 5) is 17.2. The summed E-state index contributed by atoms with van der Waals surface area (Å²) >= 11 is 0. The molecule has 10 heteroatoms. The quantitative estimate of drug-likeness (QED) is 0.402. The smallest absolute Gasteiger partial charge is 0.325 e. The number of alkyl halides is 3. The lowest BCUT2D eigenvalue weighted by Crippen LogP contribution is -2.17. The largest absolute Gasteiger partial charge is 0.417 e. The Balaban J connectivity index is 1.78. The van der Waals surface area contributed by atoms with Gasteiger partial charge in [-0.15, -0.1) is 0 Å². The van der Waals surface area contributed by atoms with Gasteiger partial charge in [-0.1, -0.05) is 30.3 Å². The van der Waals surface area contributed by atoms with Crippen LogP contribution in [-0.2, 0) is 19.8 Å². The maximum Gasteiger partial charge on any atom is 0.417 e. The molecule has 0 spiro atoms. The standard InChI is InChI=1S/C24H19F4N5O/c1-33-8-7-21(32-33)17-10-18(20(25)11-19(17)24(26,27)28)23(34)31-22-13-30-15(12-29)9-16(22)14-5-3-2-4-6-14/h2-11,13H,12,29H2,1H3,(H,31,34). The fourth-order valence-electron chi connectivity index (χ4n) is 3.51. The van der Waals surface area contributed by atoms with Crippen molar-refractivity contribution in [3.8, 4) is 22.4 Å². The van der Waals surface area contributed by atoms with Crippen LogP contribution in [0.4, 0.5) is 23.2 Å². The van der Waals surface area contributed by atoms with Crippen molar-refractivity contribution in [2.24, 2.45) is 12.8 Å². The van der Waals surface area contributed by atoms with Crippen molar-refractivity contribution in [3.05, 3.63) is 89.6 Å². The minimum Gasteiger partial charge on any atom is -0.325 e. The van der Waals surface area contributed by atoms with Crippen LogP contribution in [0.5, 0.6) is 0 Å². The third kappa shape index (κ3) is 4.67. The number of nitrogens with two attached hydrogens (primary N) is 1. The van der Waals surface area contributed by atoms with Crippen LogP contribution in [0.2, 0.25) is 0 Å². The Labute approximate surface area is 192 Å². The van der Waals surface area contributed by atoms with E-state index in [0.717, 1.165) is 11.6 Å². The minimum absolute atomic E-state index is 0.0391. The number of benzene rings is 2. The highest BCUT2D eigenvalue weighted by Crippen LogP contribution is 2.38. The summed E-state index contributed by atoms with van der Waals surface area (Å²) in [5, 5.41) is 6.55. The van der Waals surface area contributed by atoms with Crippen LogP contribution in [0.25, 0.3) is 22.4 Å². The zero-order chi connectivity index (χ0) is 24.5. The van der Waals surface area contributed by atoms with Gasteiger partial charge in [0.15, 0.2) is 0 Å². The molecule has 0 aliphatic carbocycles. The van der Waals surface area contributed by atoms with E-state index in [9.17, 15) is 22.4 Å². The first kappa shape index (κ1) is 23.1. The van der Waals surface area contributed by atoms with Gasteiger partial charge in [0.25, 0.3) is 5.91 Å². The predicted molar refractivity (Wildman–Crippen MR) is 119 cm³/mol. The number of nitrogens with zero attached hydrogens (tertiary/aromatic N) is 3. The molecule has 3 N–H and O–H groups in total. The van der Waals surface area contributed by atoms with Crippen molar-refractivity contribution in [3.63, 3.8) is 0 Å². The molecule has 0 saturated carbocycles. The van der Waals surface area contributed by atoms with Gasteiger partial charge in [-0.3, -0.25) is 14.5 Å². The molecule has 0 fully saturated rings. The molecule has 0 bridgehead atoms. The van der Waals surface area contributed by atoms with Crippen molar-refractivity contribution in [2.75, 3.05) is 5.32 Å². The fourth-order valence-corrected chi connectivity index (χ4v) is 3.51. The second kappa shape index (κ2) is 9.06. The van der Waals surface area contributed by atoms with Crippen LogP contribution in [0.15, 0.2) is 67.0 Å². The second-order valence-electron chi connectivity index (χ2n) is 7.50. The molecule has 4 aromatic rings. The Kier molecular flexibility index (Phi) is 6.16. The second-order valence-corrected chi connectivity index (χ2v) is 7.50. The number of nitrogens with one attached hydrogen (secondary N) is 1. The first-order valence-electron chi connectivity index (χ1n) is 10.1. The highest BCUT2D eigenvalue weighted by molar-refractivity contribution is 6.07. The van der Waals surface area contributed by atoms with Gasteiger partial charge in [0, 0.05) is 30.9 Å². The summed E-state index contributed by atoms with van der Waals surface area (Å²) in [5.74, 6) is -2.24. The average molecular weight is 469 g/mol. The molecule has 4 rings (SSSR count). The zero-order valence-electron chi connectivity index (χ0n) is 17.9. The molecule has 6 nitrogen and oxygen atoms in total. The van der Waals surface area contributed by atoms with Gasteiger partial charge in [0.05, 0.1) is 34.4 Å². The number of halogens is 4. The molecule has 2 aromatic carbocycles. The molecule has 0 radical (unpaired) electrons. The first-order chi connectivity index (χ1) is 16.2. The number of anilines is 1. The van der Waals surface area contributed by atoms with E-state index in [-0.39, 0.29) is 17.9 Å². The topological polar surface area (TPSA) is 85.8 Å². The van der Waals surface area contributed by atoms with E-state index in [2.05, 4.69) is 15.4 Å². The van der Waals surface area contributed by atoms with Crippen LogP contribution in [0, 0.1) is 5.82 Å².